The maximum atomic E-state index is 3.82. The molecule has 0 radical (unpaired) electrons. The van der Waals surface area contributed by atoms with E-state index in [0.29, 0.717) is 0 Å². The van der Waals surface area contributed by atoms with Gasteiger partial charge in [-0.15, -0.1) is 0 Å². The lowest BCUT2D eigenvalue weighted by Gasteiger charge is -2.28. The van der Waals surface area contributed by atoms with Crippen molar-refractivity contribution < 1.29 is 16.9 Å². The van der Waals surface area contributed by atoms with Crippen LogP contribution in [-0.4, -0.2) is 31.7 Å². The highest BCUT2D eigenvalue weighted by atomic mass is 35.5. The van der Waals surface area contributed by atoms with Gasteiger partial charge in [-0.05, 0) is 18.9 Å². The van der Waals surface area contributed by atoms with Crippen molar-refractivity contribution in [1.29, 1.82) is 0 Å². The van der Waals surface area contributed by atoms with Crippen molar-refractivity contribution >= 4 is 0 Å². The van der Waals surface area contributed by atoms with E-state index >= 15 is 0 Å². The molecule has 0 aliphatic heterocycles. The average molecular weight is 276 g/mol. The van der Waals surface area contributed by atoms with E-state index in [4.69, 9.17) is 0 Å². The average Bonchev–Trinajstić information content (AvgIpc) is 2.27. The third kappa shape index (κ3) is 14.1. The first-order valence-electron chi connectivity index (χ1n) is 7.55. The summed E-state index contributed by atoms with van der Waals surface area (Å²) in [4.78, 5) is 0. The summed E-state index contributed by atoms with van der Waals surface area (Å²) in [6.07, 6.45) is 14.8. The van der Waals surface area contributed by atoms with Crippen LogP contribution >= 0.6 is 0 Å². The van der Waals surface area contributed by atoms with Gasteiger partial charge in [0.2, 0.25) is 0 Å². The third-order valence-corrected chi connectivity index (χ3v) is 3.49. The fourth-order valence-corrected chi connectivity index (χ4v) is 2.29. The van der Waals surface area contributed by atoms with Crippen LogP contribution < -0.4 is 12.4 Å². The highest BCUT2D eigenvalue weighted by Crippen LogP contribution is 2.10. The van der Waals surface area contributed by atoms with E-state index in [1.54, 1.807) is 0 Å². The number of hydrogen-bond acceptors (Lipinski definition) is 0. The Kier molecular flexibility index (Phi) is 15.1. The van der Waals surface area contributed by atoms with Crippen LogP contribution in [0.25, 0.3) is 0 Å². The lowest BCUT2D eigenvalue weighted by molar-refractivity contribution is -0.884. The highest BCUT2D eigenvalue weighted by Gasteiger charge is 2.10. The van der Waals surface area contributed by atoms with Gasteiger partial charge in [0, 0.05) is 0 Å². The second-order valence-corrected chi connectivity index (χ2v) is 5.96. The van der Waals surface area contributed by atoms with Crippen LogP contribution in [0.15, 0.2) is 12.7 Å². The summed E-state index contributed by atoms with van der Waals surface area (Å²) in [7, 11) is 4.60. The van der Waals surface area contributed by atoms with Gasteiger partial charge in [0.15, 0.2) is 0 Å². The van der Waals surface area contributed by atoms with E-state index in [9.17, 15) is 0 Å². The molecule has 0 aliphatic carbocycles. The third-order valence-electron chi connectivity index (χ3n) is 3.49. The van der Waals surface area contributed by atoms with Crippen LogP contribution in [0, 0.1) is 0 Å². The molecular weight excluding hydrogens is 242 g/mol. The minimum atomic E-state index is 0. The summed E-state index contributed by atoms with van der Waals surface area (Å²) in [6.45, 7) is 8.49. The zero-order valence-corrected chi connectivity index (χ0v) is 13.6. The molecule has 0 heterocycles. The summed E-state index contributed by atoms with van der Waals surface area (Å²) >= 11 is 0. The number of rotatable bonds is 12. The molecule has 0 aliphatic rings. The number of halogens is 1. The zero-order valence-electron chi connectivity index (χ0n) is 12.9. The first-order valence-corrected chi connectivity index (χ1v) is 7.55. The smallest absolute Gasteiger partial charge is 0.0966 e. The summed E-state index contributed by atoms with van der Waals surface area (Å²) in [6, 6.07) is 0. The van der Waals surface area contributed by atoms with Crippen molar-refractivity contribution in [3.63, 3.8) is 0 Å². The van der Waals surface area contributed by atoms with Gasteiger partial charge in [0.1, 0.15) is 0 Å². The van der Waals surface area contributed by atoms with Gasteiger partial charge in [0.05, 0.1) is 27.2 Å². The highest BCUT2D eigenvalue weighted by molar-refractivity contribution is 4.64. The monoisotopic (exact) mass is 275 g/mol. The molecule has 0 aromatic rings. The summed E-state index contributed by atoms with van der Waals surface area (Å²) < 4.78 is 1.10. The molecule has 0 atom stereocenters. The lowest BCUT2D eigenvalue weighted by Crippen LogP contribution is -3.00. The Morgan fingerprint density at radius 2 is 1.28 bits per heavy atom. The van der Waals surface area contributed by atoms with E-state index in [-0.39, 0.29) is 12.4 Å². The standard InChI is InChI=1S/C16H34N.ClH/c1-5-7-8-9-10-11-12-13-14-16-17(3,4)15-6-2;/h6H,2,5,7-16H2,1,3-4H3;1H/q+1;/p-1. The lowest BCUT2D eigenvalue weighted by atomic mass is 10.1. The number of hydrogen-bond donors (Lipinski definition) is 0. The SMILES string of the molecule is C=CC[N+](C)(C)CCCCCCCCCCC.[Cl-]. The van der Waals surface area contributed by atoms with Gasteiger partial charge in [0.25, 0.3) is 0 Å². The molecule has 0 fully saturated rings. The maximum absolute atomic E-state index is 3.82. The van der Waals surface area contributed by atoms with E-state index < -0.39 is 0 Å². The van der Waals surface area contributed by atoms with Crippen molar-refractivity contribution in [2.75, 3.05) is 27.2 Å². The van der Waals surface area contributed by atoms with Gasteiger partial charge >= 0.3 is 0 Å². The largest absolute Gasteiger partial charge is 1.00 e. The van der Waals surface area contributed by atoms with Gasteiger partial charge in [-0.3, -0.25) is 0 Å². The quantitative estimate of drug-likeness (QED) is 0.289. The maximum Gasteiger partial charge on any atom is 0.0966 e. The van der Waals surface area contributed by atoms with Crippen molar-refractivity contribution in [2.45, 2.75) is 64.7 Å². The van der Waals surface area contributed by atoms with E-state index in [2.05, 4.69) is 27.6 Å². The number of quaternary nitrogens is 1. The van der Waals surface area contributed by atoms with Crippen LogP contribution in [0.1, 0.15) is 64.7 Å². The molecule has 0 unspecified atom stereocenters. The Bertz CT molecular complexity index is 178. The Hall–Kier alpha value is -0.0100. The molecule has 0 aromatic heterocycles. The van der Waals surface area contributed by atoms with Crippen LogP contribution in [0.5, 0.6) is 0 Å². The molecule has 0 rings (SSSR count). The Balaban J connectivity index is 0. The minimum Gasteiger partial charge on any atom is -1.00 e. The van der Waals surface area contributed by atoms with Crippen LogP contribution in [0.2, 0.25) is 0 Å². The van der Waals surface area contributed by atoms with Crippen LogP contribution in [-0.2, 0) is 0 Å². The molecule has 18 heavy (non-hydrogen) atoms. The van der Waals surface area contributed by atoms with E-state index in [0.717, 1.165) is 11.0 Å². The fourth-order valence-electron chi connectivity index (χ4n) is 2.29. The Morgan fingerprint density at radius 3 is 1.72 bits per heavy atom. The molecule has 0 bridgehead atoms. The minimum absolute atomic E-state index is 0. The second kappa shape index (κ2) is 13.4. The number of likely N-dealkylation sites (N-methyl/N-ethyl adjacent to an activating group) is 1. The fraction of sp³-hybridized carbons (Fsp3) is 0.875. The molecule has 0 saturated heterocycles. The van der Waals surface area contributed by atoms with Crippen LogP contribution in [0.4, 0.5) is 0 Å². The Labute approximate surface area is 122 Å². The zero-order chi connectivity index (χ0) is 13.0. The molecule has 0 N–H and O–H groups in total. The van der Waals surface area contributed by atoms with Gasteiger partial charge in [-0.2, -0.15) is 0 Å². The first-order chi connectivity index (χ1) is 8.12. The normalized spacial score (nSPS) is 11.1. The molecule has 0 aromatic carbocycles. The topological polar surface area (TPSA) is 0 Å². The van der Waals surface area contributed by atoms with Crippen molar-refractivity contribution in [3.05, 3.63) is 12.7 Å². The second-order valence-electron chi connectivity index (χ2n) is 5.96. The molecule has 2 heteroatoms. The van der Waals surface area contributed by atoms with Crippen LogP contribution in [0.3, 0.4) is 0 Å². The summed E-state index contributed by atoms with van der Waals surface area (Å²) in [5, 5.41) is 0. The van der Waals surface area contributed by atoms with Gasteiger partial charge < -0.3 is 16.9 Å². The Morgan fingerprint density at radius 1 is 0.833 bits per heavy atom. The molecule has 1 nitrogen and oxygen atoms in total. The molecular formula is C16H34ClN. The van der Waals surface area contributed by atoms with E-state index in [1.807, 2.05) is 6.08 Å². The van der Waals surface area contributed by atoms with Crippen molar-refractivity contribution in [1.82, 2.24) is 0 Å². The predicted molar refractivity (Wildman–Crippen MR) is 79.3 cm³/mol. The number of unbranched alkanes of at least 4 members (excludes halogenated alkanes) is 8. The van der Waals surface area contributed by atoms with Crippen molar-refractivity contribution in [2.24, 2.45) is 0 Å². The molecule has 0 amide bonds. The molecule has 110 valence electrons. The van der Waals surface area contributed by atoms with Gasteiger partial charge in [-0.1, -0.05) is 58.4 Å². The van der Waals surface area contributed by atoms with Crippen molar-refractivity contribution in [3.8, 4) is 0 Å². The molecule has 0 saturated carbocycles. The predicted octanol–water partition coefficient (Wildman–Crippen LogP) is 1.78. The van der Waals surface area contributed by atoms with Gasteiger partial charge in [-0.25, -0.2) is 0 Å². The van der Waals surface area contributed by atoms with E-state index in [1.165, 1.54) is 64.3 Å². The first kappa shape index (κ1) is 20.3. The number of nitrogens with zero attached hydrogens (tertiary/aromatic N) is 1. The summed E-state index contributed by atoms with van der Waals surface area (Å²) in [5.41, 5.74) is 0. The molecule has 0 spiro atoms. The summed E-state index contributed by atoms with van der Waals surface area (Å²) in [5.74, 6) is 0.